The van der Waals surface area contributed by atoms with Gasteiger partial charge in [0.05, 0.1) is 5.70 Å². The Morgan fingerprint density at radius 2 is 1.84 bits per heavy atom. The first-order valence-electron chi connectivity index (χ1n) is 5.24. The summed E-state index contributed by atoms with van der Waals surface area (Å²) >= 11 is 0. The van der Waals surface area contributed by atoms with Crippen molar-refractivity contribution in [3.8, 4) is 12.1 Å². The summed E-state index contributed by atoms with van der Waals surface area (Å²) in [4.78, 5) is 10.6. The molecule has 0 unspecified atom stereocenters. The van der Waals surface area contributed by atoms with Crippen LogP contribution in [0.4, 0.5) is 5.69 Å². The second-order valence-electron chi connectivity index (χ2n) is 3.53. The quantitative estimate of drug-likeness (QED) is 0.547. The number of anilines is 1. The molecule has 0 saturated heterocycles. The molecule has 0 spiro atoms. The molecule has 1 aromatic carbocycles. The Labute approximate surface area is 109 Å². The molecule has 0 bridgehead atoms. The Hall–Kier alpha value is -3.12. The molecule has 0 aliphatic carbocycles. The van der Waals surface area contributed by atoms with E-state index in [4.69, 9.17) is 21.0 Å². The number of hydrogen-bond acceptors (Lipinski definition) is 5. The Kier molecular flexibility index (Phi) is 4.83. The molecule has 19 heavy (non-hydrogen) atoms. The van der Waals surface area contributed by atoms with Crippen LogP contribution in [0.15, 0.2) is 41.6 Å². The lowest BCUT2D eigenvalue weighted by atomic mass is 10.1. The summed E-state index contributed by atoms with van der Waals surface area (Å²) in [6.45, 7) is 0. The van der Waals surface area contributed by atoms with E-state index in [1.807, 2.05) is 0 Å². The molecule has 6 nitrogen and oxygen atoms in total. The molecule has 0 amide bonds. The van der Waals surface area contributed by atoms with Gasteiger partial charge in [0, 0.05) is 12.1 Å². The minimum atomic E-state index is -1.39. The van der Waals surface area contributed by atoms with Crippen LogP contribution in [0, 0.1) is 28.1 Å². The molecule has 1 rings (SSSR count). The average molecular weight is 254 g/mol. The SMILES string of the molecule is N#CC(C#N)=C(CC(=N)C(=O)O)Nc1ccccc1. The highest BCUT2D eigenvalue weighted by Gasteiger charge is 2.14. The van der Waals surface area contributed by atoms with Crippen molar-refractivity contribution >= 4 is 17.4 Å². The van der Waals surface area contributed by atoms with E-state index < -0.39 is 11.7 Å². The third kappa shape index (κ3) is 3.99. The number of aliphatic carboxylic acids is 1. The molecule has 0 saturated carbocycles. The molecule has 0 fully saturated rings. The van der Waals surface area contributed by atoms with Crippen molar-refractivity contribution in [3.63, 3.8) is 0 Å². The maximum atomic E-state index is 10.6. The molecule has 0 aromatic heterocycles. The minimum absolute atomic E-state index is 0.101. The van der Waals surface area contributed by atoms with Crippen molar-refractivity contribution in [2.45, 2.75) is 6.42 Å². The van der Waals surface area contributed by atoms with E-state index >= 15 is 0 Å². The minimum Gasteiger partial charge on any atom is -0.477 e. The van der Waals surface area contributed by atoms with Gasteiger partial charge < -0.3 is 10.4 Å². The monoisotopic (exact) mass is 254 g/mol. The van der Waals surface area contributed by atoms with Crippen molar-refractivity contribution in [1.82, 2.24) is 0 Å². The predicted molar refractivity (Wildman–Crippen MR) is 68.3 cm³/mol. The summed E-state index contributed by atoms with van der Waals surface area (Å²) in [5.41, 5.74) is -0.126. The predicted octanol–water partition coefficient (Wildman–Crippen LogP) is 1.89. The number of nitrogens with one attached hydrogen (secondary N) is 2. The number of para-hydroxylation sites is 1. The first-order valence-corrected chi connectivity index (χ1v) is 5.24. The molecule has 1 aromatic rings. The summed E-state index contributed by atoms with van der Waals surface area (Å²) in [6, 6.07) is 12.1. The maximum Gasteiger partial charge on any atom is 0.349 e. The molecule has 3 N–H and O–H groups in total. The Balaban J connectivity index is 3.06. The molecule has 0 aliphatic rings. The largest absolute Gasteiger partial charge is 0.477 e. The van der Waals surface area contributed by atoms with Crippen LogP contribution in [0.2, 0.25) is 0 Å². The van der Waals surface area contributed by atoms with Gasteiger partial charge >= 0.3 is 5.97 Å². The Bertz CT molecular complexity index is 590. The molecule has 0 atom stereocenters. The van der Waals surface area contributed by atoms with E-state index in [9.17, 15) is 4.79 Å². The van der Waals surface area contributed by atoms with Gasteiger partial charge in [-0.05, 0) is 12.1 Å². The lowest BCUT2D eigenvalue weighted by Gasteiger charge is -2.10. The summed E-state index contributed by atoms with van der Waals surface area (Å²) < 4.78 is 0. The molecular weight excluding hydrogens is 244 g/mol. The summed E-state index contributed by atoms with van der Waals surface area (Å²) in [7, 11) is 0. The van der Waals surface area contributed by atoms with Crippen LogP contribution < -0.4 is 5.32 Å². The van der Waals surface area contributed by atoms with Gasteiger partial charge in [-0.2, -0.15) is 10.5 Å². The number of allylic oxidation sites excluding steroid dienone is 2. The molecule has 94 valence electrons. The van der Waals surface area contributed by atoms with Crippen LogP contribution in [-0.2, 0) is 4.79 Å². The smallest absolute Gasteiger partial charge is 0.349 e. The highest BCUT2D eigenvalue weighted by atomic mass is 16.4. The van der Waals surface area contributed by atoms with E-state index in [1.165, 1.54) is 0 Å². The van der Waals surface area contributed by atoms with Gasteiger partial charge in [0.2, 0.25) is 0 Å². The van der Waals surface area contributed by atoms with Crippen LogP contribution in [0.25, 0.3) is 0 Å². The number of benzene rings is 1. The van der Waals surface area contributed by atoms with E-state index in [-0.39, 0.29) is 17.7 Å². The number of carbonyl (C=O) groups is 1. The van der Waals surface area contributed by atoms with Crippen molar-refractivity contribution in [2.75, 3.05) is 5.32 Å². The highest BCUT2D eigenvalue weighted by Crippen LogP contribution is 2.15. The van der Waals surface area contributed by atoms with Gasteiger partial charge in [-0.1, -0.05) is 18.2 Å². The number of carboxylic acids is 1. The van der Waals surface area contributed by atoms with Crippen LogP contribution in [0.5, 0.6) is 0 Å². The van der Waals surface area contributed by atoms with Gasteiger partial charge in [0.15, 0.2) is 0 Å². The third-order valence-electron chi connectivity index (χ3n) is 2.21. The Morgan fingerprint density at radius 1 is 1.26 bits per heavy atom. The lowest BCUT2D eigenvalue weighted by molar-refractivity contribution is -0.129. The van der Waals surface area contributed by atoms with Gasteiger partial charge in [-0.25, -0.2) is 4.79 Å². The number of nitriles is 2. The van der Waals surface area contributed by atoms with Crippen LogP contribution in [0.3, 0.4) is 0 Å². The van der Waals surface area contributed by atoms with Crippen LogP contribution in [0.1, 0.15) is 6.42 Å². The van der Waals surface area contributed by atoms with Crippen molar-refractivity contribution < 1.29 is 9.90 Å². The van der Waals surface area contributed by atoms with Gasteiger partial charge in [0.1, 0.15) is 23.4 Å². The standard InChI is InChI=1S/C13H10N4O2/c14-7-9(8-15)12(6-11(16)13(18)19)17-10-4-2-1-3-5-10/h1-5,16-17H,6H2,(H,18,19). The normalized spacial score (nSPS) is 8.74. The number of nitrogens with zero attached hydrogens (tertiary/aromatic N) is 2. The number of rotatable bonds is 5. The van der Waals surface area contributed by atoms with Gasteiger partial charge in [-0.3, -0.25) is 5.41 Å². The fourth-order valence-electron chi connectivity index (χ4n) is 1.30. The lowest BCUT2D eigenvalue weighted by Crippen LogP contribution is -2.16. The second kappa shape index (κ2) is 6.58. The van der Waals surface area contributed by atoms with E-state index in [0.717, 1.165) is 0 Å². The average Bonchev–Trinajstić information content (AvgIpc) is 2.41. The molecule has 0 heterocycles. The zero-order chi connectivity index (χ0) is 14.3. The summed E-state index contributed by atoms with van der Waals surface area (Å²) in [6.07, 6.45) is -0.319. The van der Waals surface area contributed by atoms with Gasteiger partial charge in [0.25, 0.3) is 0 Å². The first-order chi connectivity index (χ1) is 9.08. The van der Waals surface area contributed by atoms with E-state index in [1.54, 1.807) is 42.5 Å². The number of hydrogen-bond donors (Lipinski definition) is 3. The molecule has 0 aliphatic heterocycles. The topological polar surface area (TPSA) is 121 Å². The third-order valence-corrected chi connectivity index (χ3v) is 2.21. The Morgan fingerprint density at radius 3 is 2.32 bits per heavy atom. The first kappa shape index (κ1) is 13.9. The van der Waals surface area contributed by atoms with E-state index in [2.05, 4.69) is 5.32 Å². The summed E-state index contributed by atoms with van der Waals surface area (Å²) in [5, 5.41) is 36.4. The zero-order valence-electron chi connectivity index (χ0n) is 9.84. The second-order valence-corrected chi connectivity index (χ2v) is 3.53. The van der Waals surface area contributed by atoms with Crippen molar-refractivity contribution in [2.24, 2.45) is 0 Å². The molecular formula is C13H10N4O2. The number of carboxylic acid groups (broad SMARTS) is 1. The fourth-order valence-corrected chi connectivity index (χ4v) is 1.30. The van der Waals surface area contributed by atoms with Crippen LogP contribution in [-0.4, -0.2) is 16.8 Å². The van der Waals surface area contributed by atoms with Crippen molar-refractivity contribution in [1.29, 1.82) is 15.9 Å². The zero-order valence-corrected chi connectivity index (χ0v) is 9.84. The summed E-state index contributed by atoms with van der Waals surface area (Å²) in [5.74, 6) is -1.39. The highest BCUT2D eigenvalue weighted by molar-refractivity contribution is 6.34. The maximum absolute atomic E-state index is 10.6. The molecule has 0 radical (unpaired) electrons. The fraction of sp³-hybridized carbons (Fsp3) is 0.0769. The van der Waals surface area contributed by atoms with E-state index in [0.29, 0.717) is 5.69 Å². The molecule has 6 heteroatoms. The van der Waals surface area contributed by atoms with Gasteiger partial charge in [-0.15, -0.1) is 0 Å². The van der Waals surface area contributed by atoms with Crippen LogP contribution >= 0.6 is 0 Å². The van der Waals surface area contributed by atoms with Crippen molar-refractivity contribution in [3.05, 3.63) is 41.6 Å².